The van der Waals surface area contributed by atoms with Gasteiger partial charge in [-0.15, -0.1) is 0 Å². The number of rotatable bonds is 7. The minimum Gasteiger partial charge on any atom is -0.483 e. The van der Waals surface area contributed by atoms with Gasteiger partial charge in [0.05, 0.1) is 4.47 Å². The van der Waals surface area contributed by atoms with Crippen molar-refractivity contribution in [2.45, 2.75) is 13.3 Å². The number of para-hydroxylation sites is 1. The quantitative estimate of drug-likeness (QED) is 0.802. The van der Waals surface area contributed by atoms with Crippen molar-refractivity contribution >= 4 is 27.8 Å². The van der Waals surface area contributed by atoms with Crippen molar-refractivity contribution in [2.24, 2.45) is 5.92 Å². The van der Waals surface area contributed by atoms with Crippen molar-refractivity contribution in [3.05, 3.63) is 28.7 Å². The van der Waals surface area contributed by atoms with Gasteiger partial charge in [0.25, 0.3) is 5.91 Å². The average molecular weight is 330 g/mol. The molecule has 0 radical (unpaired) electrons. The third-order valence-electron chi connectivity index (χ3n) is 2.37. The molecule has 104 valence electrons. The normalized spacial score (nSPS) is 11.7. The minimum absolute atomic E-state index is 0.0331. The molecule has 0 spiro atoms. The lowest BCUT2D eigenvalue weighted by Crippen LogP contribution is -2.33. The highest BCUT2D eigenvalue weighted by Gasteiger charge is 2.10. The molecule has 0 aliphatic heterocycles. The van der Waals surface area contributed by atoms with Gasteiger partial charge in [-0.05, 0) is 34.0 Å². The molecule has 0 aromatic heterocycles. The van der Waals surface area contributed by atoms with Gasteiger partial charge in [0, 0.05) is 13.0 Å². The number of benzene rings is 1. The number of halogens is 1. The highest BCUT2D eigenvalue weighted by molar-refractivity contribution is 9.10. The number of ether oxygens (including phenoxy) is 1. The molecule has 1 aromatic rings. The summed E-state index contributed by atoms with van der Waals surface area (Å²) in [6.07, 6.45) is 0.0331. The third-order valence-corrected chi connectivity index (χ3v) is 3.02. The molecule has 1 unspecified atom stereocenters. The molecule has 0 aliphatic rings. The van der Waals surface area contributed by atoms with E-state index in [4.69, 9.17) is 9.84 Å². The molecule has 0 heterocycles. The SMILES string of the molecule is CC(CNC(=O)COc1ccccc1Br)CC(=O)O. The number of nitrogens with one attached hydrogen (secondary N) is 1. The predicted molar refractivity (Wildman–Crippen MR) is 74.1 cm³/mol. The van der Waals surface area contributed by atoms with Crippen LogP contribution in [-0.4, -0.2) is 30.1 Å². The van der Waals surface area contributed by atoms with E-state index in [0.29, 0.717) is 12.3 Å². The Balaban J connectivity index is 2.29. The zero-order valence-corrected chi connectivity index (χ0v) is 12.1. The van der Waals surface area contributed by atoms with E-state index in [2.05, 4.69) is 21.2 Å². The Morgan fingerprint density at radius 2 is 2.11 bits per heavy atom. The summed E-state index contributed by atoms with van der Waals surface area (Å²) in [7, 11) is 0. The molecule has 2 N–H and O–H groups in total. The van der Waals surface area contributed by atoms with Gasteiger partial charge < -0.3 is 15.2 Å². The Labute approximate surface area is 120 Å². The number of amides is 1. The number of hydrogen-bond acceptors (Lipinski definition) is 3. The van der Waals surface area contributed by atoms with Crippen LogP contribution in [0.15, 0.2) is 28.7 Å². The number of carbonyl (C=O) groups excluding carboxylic acids is 1. The molecule has 1 rings (SSSR count). The van der Waals surface area contributed by atoms with Gasteiger partial charge in [-0.1, -0.05) is 19.1 Å². The second kappa shape index (κ2) is 7.78. The van der Waals surface area contributed by atoms with Crippen LogP contribution in [0.1, 0.15) is 13.3 Å². The summed E-state index contributed by atoms with van der Waals surface area (Å²) in [4.78, 5) is 22.0. The fourth-order valence-corrected chi connectivity index (χ4v) is 1.81. The summed E-state index contributed by atoms with van der Waals surface area (Å²) >= 11 is 3.31. The molecule has 0 fully saturated rings. The number of carboxylic acid groups (broad SMARTS) is 1. The van der Waals surface area contributed by atoms with E-state index in [1.165, 1.54) is 0 Å². The summed E-state index contributed by atoms with van der Waals surface area (Å²) in [6, 6.07) is 7.24. The van der Waals surface area contributed by atoms with E-state index in [-0.39, 0.29) is 24.9 Å². The Hall–Kier alpha value is -1.56. The van der Waals surface area contributed by atoms with Crippen molar-refractivity contribution < 1.29 is 19.4 Å². The van der Waals surface area contributed by atoms with Crippen LogP contribution in [0, 0.1) is 5.92 Å². The fourth-order valence-electron chi connectivity index (χ4n) is 1.41. The van der Waals surface area contributed by atoms with E-state index < -0.39 is 5.97 Å². The molecular weight excluding hydrogens is 314 g/mol. The van der Waals surface area contributed by atoms with E-state index in [0.717, 1.165) is 4.47 Å². The third kappa shape index (κ3) is 6.24. The zero-order valence-electron chi connectivity index (χ0n) is 10.6. The molecule has 0 saturated heterocycles. The van der Waals surface area contributed by atoms with Crippen molar-refractivity contribution in [3.63, 3.8) is 0 Å². The highest BCUT2D eigenvalue weighted by Crippen LogP contribution is 2.23. The topological polar surface area (TPSA) is 75.6 Å². The predicted octanol–water partition coefficient (Wildman–Crippen LogP) is 2.05. The summed E-state index contributed by atoms with van der Waals surface area (Å²) < 4.78 is 6.12. The molecular formula is C13H16BrNO4. The van der Waals surface area contributed by atoms with Crippen LogP contribution in [0.2, 0.25) is 0 Å². The minimum atomic E-state index is -0.869. The highest BCUT2D eigenvalue weighted by atomic mass is 79.9. The number of aliphatic carboxylic acids is 1. The standard InChI is InChI=1S/C13H16BrNO4/c1-9(6-13(17)18)7-15-12(16)8-19-11-5-3-2-4-10(11)14/h2-5,9H,6-8H2,1H3,(H,15,16)(H,17,18). The van der Waals surface area contributed by atoms with E-state index >= 15 is 0 Å². The molecule has 1 amide bonds. The Bertz CT molecular complexity index is 450. The van der Waals surface area contributed by atoms with Gasteiger partial charge in [0.1, 0.15) is 5.75 Å². The van der Waals surface area contributed by atoms with Crippen LogP contribution in [0.4, 0.5) is 0 Å². The molecule has 6 heteroatoms. The van der Waals surface area contributed by atoms with Gasteiger partial charge in [-0.3, -0.25) is 9.59 Å². The van der Waals surface area contributed by atoms with Crippen LogP contribution in [-0.2, 0) is 9.59 Å². The molecule has 1 aromatic carbocycles. The van der Waals surface area contributed by atoms with Crippen LogP contribution in [0.3, 0.4) is 0 Å². The fraction of sp³-hybridized carbons (Fsp3) is 0.385. The van der Waals surface area contributed by atoms with Gasteiger partial charge in [0.15, 0.2) is 6.61 Å². The van der Waals surface area contributed by atoms with E-state index in [9.17, 15) is 9.59 Å². The number of carbonyl (C=O) groups is 2. The molecule has 5 nitrogen and oxygen atoms in total. The summed E-state index contributed by atoms with van der Waals surface area (Å²) in [5, 5.41) is 11.2. The first-order valence-corrected chi connectivity index (χ1v) is 6.64. The average Bonchev–Trinajstić information content (AvgIpc) is 2.34. The zero-order chi connectivity index (χ0) is 14.3. The molecule has 19 heavy (non-hydrogen) atoms. The van der Waals surface area contributed by atoms with E-state index in [1.54, 1.807) is 13.0 Å². The van der Waals surface area contributed by atoms with Crippen LogP contribution in [0.25, 0.3) is 0 Å². The second-order valence-electron chi connectivity index (χ2n) is 4.23. The second-order valence-corrected chi connectivity index (χ2v) is 5.08. The summed E-state index contributed by atoms with van der Waals surface area (Å²) in [5.74, 6) is -0.652. The lowest BCUT2D eigenvalue weighted by molar-refractivity contribution is -0.138. The van der Waals surface area contributed by atoms with Crippen molar-refractivity contribution in [3.8, 4) is 5.75 Å². The summed E-state index contributed by atoms with van der Waals surface area (Å²) in [6.45, 7) is 2.00. The van der Waals surface area contributed by atoms with E-state index in [1.807, 2.05) is 18.2 Å². The maximum Gasteiger partial charge on any atom is 0.303 e. The lowest BCUT2D eigenvalue weighted by Gasteiger charge is -2.11. The Morgan fingerprint density at radius 1 is 1.42 bits per heavy atom. The smallest absolute Gasteiger partial charge is 0.303 e. The number of carboxylic acids is 1. The van der Waals surface area contributed by atoms with Crippen LogP contribution >= 0.6 is 15.9 Å². The van der Waals surface area contributed by atoms with Crippen molar-refractivity contribution in [1.82, 2.24) is 5.32 Å². The first kappa shape index (κ1) is 15.5. The first-order valence-electron chi connectivity index (χ1n) is 5.85. The molecule has 1 atom stereocenters. The maximum atomic E-state index is 11.5. The number of hydrogen-bond donors (Lipinski definition) is 2. The van der Waals surface area contributed by atoms with Gasteiger partial charge >= 0.3 is 5.97 Å². The van der Waals surface area contributed by atoms with Gasteiger partial charge in [0.2, 0.25) is 0 Å². The van der Waals surface area contributed by atoms with Crippen molar-refractivity contribution in [2.75, 3.05) is 13.2 Å². The van der Waals surface area contributed by atoms with Crippen LogP contribution < -0.4 is 10.1 Å². The Morgan fingerprint density at radius 3 is 2.74 bits per heavy atom. The Kier molecular flexibility index (Phi) is 6.35. The largest absolute Gasteiger partial charge is 0.483 e. The molecule has 0 aliphatic carbocycles. The maximum absolute atomic E-state index is 11.5. The first-order chi connectivity index (χ1) is 8.99. The van der Waals surface area contributed by atoms with Crippen LogP contribution in [0.5, 0.6) is 5.75 Å². The van der Waals surface area contributed by atoms with Gasteiger partial charge in [-0.2, -0.15) is 0 Å². The van der Waals surface area contributed by atoms with Gasteiger partial charge in [-0.25, -0.2) is 0 Å². The molecule has 0 saturated carbocycles. The lowest BCUT2D eigenvalue weighted by atomic mass is 10.1. The summed E-state index contributed by atoms with van der Waals surface area (Å²) in [5.41, 5.74) is 0. The molecule has 0 bridgehead atoms. The van der Waals surface area contributed by atoms with Crippen molar-refractivity contribution in [1.29, 1.82) is 0 Å². The monoisotopic (exact) mass is 329 g/mol.